The van der Waals surface area contributed by atoms with Gasteiger partial charge in [-0.05, 0) is 58.2 Å². The number of benzene rings is 1. The van der Waals surface area contributed by atoms with Crippen LogP contribution in [-0.2, 0) is 37.3 Å². The minimum absolute atomic E-state index is 0.0274. The van der Waals surface area contributed by atoms with E-state index in [9.17, 15) is 18.0 Å². The number of hydrogen-bond acceptors (Lipinski definition) is 7. The maximum Gasteiger partial charge on any atom is 0.310 e. The summed E-state index contributed by atoms with van der Waals surface area (Å²) < 4.78 is 42.2. The Morgan fingerprint density at radius 3 is 2.50 bits per heavy atom. The number of aryl methyl sites for hydroxylation is 1. The van der Waals surface area contributed by atoms with Gasteiger partial charge in [0.05, 0.1) is 18.7 Å². The summed E-state index contributed by atoms with van der Waals surface area (Å²) in [4.78, 5) is 24.0. The van der Waals surface area contributed by atoms with Gasteiger partial charge in [0.2, 0.25) is 0 Å². The van der Waals surface area contributed by atoms with Gasteiger partial charge in [0, 0.05) is 18.2 Å². The number of halogens is 1. The summed E-state index contributed by atoms with van der Waals surface area (Å²) in [6.45, 7) is 12.9. The normalized spacial score (nSPS) is 16.3. The first-order chi connectivity index (χ1) is 16.6. The molecule has 0 bridgehead atoms. The molecule has 2 heterocycles. The fourth-order valence-corrected chi connectivity index (χ4v) is 6.15. The number of aromatic nitrogens is 2. The largest absolute Gasteiger partial charge is 0.486 e. The molecule has 0 N–H and O–H groups in total. The quantitative estimate of drug-likeness (QED) is 0.363. The molecule has 0 unspecified atom stereocenters. The van der Waals surface area contributed by atoms with Crippen molar-refractivity contribution in [3.63, 3.8) is 0 Å². The van der Waals surface area contributed by atoms with E-state index in [4.69, 9.17) is 21.1 Å². The van der Waals surface area contributed by atoms with Gasteiger partial charge < -0.3 is 14.3 Å². The van der Waals surface area contributed by atoms with Crippen molar-refractivity contribution in [2.45, 2.75) is 84.5 Å². The summed E-state index contributed by atoms with van der Waals surface area (Å²) in [6, 6.07) is 3.39. The molecule has 0 amide bonds. The summed E-state index contributed by atoms with van der Waals surface area (Å²) in [7, 11) is -4.15. The van der Waals surface area contributed by atoms with Crippen LogP contribution in [0.15, 0.2) is 23.2 Å². The van der Waals surface area contributed by atoms with Gasteiger partial charge >= 0.3 is 5.97 Å². The Bertz CT molecular complexity index is 1260. The third-order valence-corrected chi connectivity index (χ3v) is 7.98. The lowest BCUT2D eigenvalue weighted by molar-refractivity contribution is -0.153. The summed E-state index contributed by atoms with van der Waals surface area (Å²) in [5.74, 6) is -0.0736. The molecule has 1 aliphatic rings. The number of aldehydes is 1. The maximum absolute atomic E-state index is 13.9. The lowest BCUT2D eigenvalue weighted by atomic mass is 9.88. The predicted molar refractivity (Wildman–Crippen MR) is 137 cm³/mol. The van der Waals surface area contributed by atoms with E-state index in [1.165, 1.54) is 15.2 Å². The Morgan fingerprint density at radius 2 is 1.94 bits per heavy atom. The molecule has 9 nitrogen and oxygen atoms in total. The Hall–Kier alpha value is -2.59. The summed E-state index contributed by atoms with van der Waals surface area (Å²) in [6.07, 6.45) is 1.94. The number of fused-ring (bicyclic) bond motifs is 1. The minimum atomic E-state index is -4.15. The molecule has 2 aromatic rings. The van der Waals surface area contributed by atoms with E-state index >= 15 is 0 Å². The van der Waals surface area contributed by atoms with Crippen LogP contribution in [0.1, 0.15) is 59.1 Å². The van der Waals surface area contributed by atoms with Gasteiger partial charge in [-0.1, -0.05) is 31.5 Å². The average molecular weight is 540 g/mol. The van der Waals surface area contributed by atoms with Crippen LogP contribution < -0.4 is 9.04 Å². The predicted octanol–water partition coefficient (Wildman–Crippen LogP) is 4.32. The highest BCUT2D eigenvalue weighted by Gasteiger charge is 2.40. The number of rotatable bonds is 8. The molecule has 1 aromatic carbocycles. The van der Waals surface area contributed by atoms with Crippen LogP contribution in [-0.4, -0.2) is 48.7 Å². The topological polar surface area (TPSA) is 108 Å². The molecule has 3 rings (SSSR count). The van der Waals surface area contributed by atoms with Crippen molar-refractivity contribution in [1.29, 1.82) is 0 Å². The molecule has 0 radical (unpaired) electrons. The number of anilines is 1. The van der Waals surface area contributed by atoms with Crippen molar-refractivity contribution in [3.8, 4) is 5.75 Å². The second-order valence-electron chi connectivity index (χ2n) is 10.7. The fourth-order valence-electron chi connectivity index (χ4n) is 4.13. The third-order valence-electron chi connectivity index (χ3n) is 5.82. The highest BCUT2D eigenvalue weighted by atomic mass is 35.5. The van der Waals surface area contributed by atoms with Crippen LogP contribution in [0.2, 0.25) is 5.15 Å². The molecule has 1 aromatic heterocycles. The standard InChI is InChI=1S/C25H34ClN3O6S/c1-8-28-14-20(23(26)27-28)36(32,33)29-13-18(12-25(6,7)15-30)34-19-10-9-17(16(2)22(19)29)11-21(31)35-24(3,4)5/h9-10,14-15,18H,8,11-13H2,1-7H3/t18-/m0/s1. The second kappa shape index (κ2) is 10.0. The number of sulfonamides is 1. The minimum Gasteiger partial charge on any atom is -0.486 e. The van der Waals surface area contributed by atoms with Crippen molar-refractivity contribution in [1.82, 2.24) is 9.78 Å². The number of carbonyl (C=O) groups is 2. The molecular formula is C25H34ClN3O6S. The average Bonchev–Trinajstić information content (AvgIpc) is 3.15. The van der Waals surface area contributed by atoms with E-state index in [0.29, 0.717) is 35.5 Å². The van der Waals surface area contributed by atoms with Crippen LogP contribution in [0.25, 0.3) is 0 Å². The van der Waals surface area contributed by atoms with Crippen molar-refractivity contribution >= 4 is 39.6 Å². The highest BCUT2D eigenvalue weighted by Crippen LogP contribution is 2.43. The third kappa shape index (κ3) is 6.03. The zero-order valence-electron chi connectivity index (χ0n) is 21.8. The lowest BCUT2D eigenvalue weighted by Crippen LogP contribution is -2.45. The van der Waals surface area contributed by atoms with Gasteiger partial charge in [0.1, 0.15) is 28.6 Å². The zero-order chi connectivity index (χ0) is 27.1. The van der Waals surface area contributed by atoms with Crippen molar-refractivity contribution in [2.24, 2.45) is 5.41 Å². The number of esters is 1. The van der Waals surface area contributed by atoms with E-state index in [1.807, 2.05) is 6.92 Å². The molecule has 11 heteroatoms. The molecule has 0 saturated heterocycles. The van der Waals surface area contributed by atoms with Crippen molar-refractivity contribution < 1.29 is 27.5 Å². The zero-order valence-corrected chi connectivity index (χ0v) is 23.4. The monoisotopic (exact) mass is 539 g/mol. The number of ether oxygens (including phenoxy) is 2. The first-order valence-corrected chi connectivity index (χ1v) is 13.6. The van der Waals surface area contributed by atoms with Gasteiger partial charge in [-0.2, -0.15) is 5.10 Å². The van der Waals surface area contributed by atoms with Crippen LogP contribution in [0.4, 0.5) is 5.69 Å². The Morgan fingerprint density at radius 1 is 1.28 bits per heavy atom. The first kappa shape index (κ1) is 28.0. The Balaban J connectivity index is 2.11. The first-order valence-electron chi connectivity index (χ1n) is 11.8. The van der Waals surface area contributed by atoms with Gasteiger partial charge in [0.15, 0.2) is 5.15 Å². The summed E-state index contributed by atoms with van der Waals surface area (Å²) in [5.41, 5.74) is 0.167. The van der Waals surface area contributed by atoms with Gasteiger partial charge in [-0.3, -0.25) is 13.8 Å². The van der Waals surface area contributed by atoms with Crippen molar-refractivity contribution in [2.75, 3.05) is 10.8 Å². The van der Waals surface area contributed by atoms with Crippen LogP contribution in [0.3, 0.4) is 0 Å². The van der Waals surface area contributed by atoms with E-state index in [-0.39, 0.29) is 23.0 Å². The molecule has 36 heavy (non-hydrogen) atoms. The van der Waals surface area contributed by atoms with Crippen LogP contribution >= 0.6 is 11.6 Å². The molecule has 1 aliphatic heterocycles. The SMILES string of the molecule is CCn1cc(S(=O)(=O)N2C[C@H](CC(C)(C)C=O)Oc3ccc(CC(=O)OC(C)(C)C)c(C)c32)c(Cl)n1. The number of carbonyl (C=O) groups excluding carboxylic acids is 2. The summed E-state index contributed by atoms with van der Waals surface area (Å²) >= 11 is 6.24. The van der Waals surface area contributed by atoms with Crippen molar-refractivity contribution in [3.05, 3.63) is 34.6 Å². The van der Waals surface area contributed by atoms with E-state index in [2.05, 4.69) is 5.10 Å². The number of nitrogens with zero attached hydrogens (tertiary/aromatic N) is 3. The Labute approximate surface area is 217 Å². The van der Waals surface area contributed by atoms with Gasteiger partial charge in [0.25, 0.3) is 10.0 Å². The molecule has 0 aliphatic carbocycles. The van der Waals surface area contributed by atoms with Gasteiger partial charge in [-0.15, -0.1) is 0 Å². The van der Waals surface area contributed by atoms with Crippen LogP contribution in [0.5, 0.6) is 5.75 Å². The highest BCUT2D eigenvalue weighted by molar-refractivity contribution is 7.93. The molecule has 198 valence electrons. The number of hydrogen-bond donors (Lipinski definition) is 0. The summed E-state index contributed by atoms with van der Waals surface area (Å²) in [5, 5.41) is 3.96. The van der Waals surface area contributed by atoms with E-state index in [0.717, 1.165) is 6.29 Å². The molecule has 0 spiro atoms. The fraction of sp³-hybridized carbons (Fsp3) is 0.560. The van der Waals surface area contributed by atoms with E-state index in [1.54, 1.807) is 53.7 Å². The van der Waals surface area contributed by atoms with Gasteiger partial charge in [-0.25, -0.2) is 8.42 Å². The van der Waals surface area contributed by atoms with E-state index < -0.39 is 33.1 Å². The Kier molecular flexibility index (Phi) is 7.81. The molecule has 0 fully saturated rings. The van der Waals surface area contributed by atoms with Crippen LogP contribution in [0, 0.1) is 12.3 Å². The smallest absolute Gasteiger partial charge is 0.310 e. The molecular weight excluding hydrogens is 506 g/mol. The maximum atomic E-state index is 13.9. The lowest BCUT2D eigenvalue weighted by Gasteiger charge is -2.38. The molecule has 1 atom stereocenters. The molecule has 0 saturated carbocycles. The second-order valence-corrected chi connectivity index (χ2v) is 12.9.